The molecular formula is C24H26N2O4. The zero-order chi connectivity index (χ0) is 21.5. The lowest BCUT2D eigenvalue weighted by Gasteiger charge is -2.15. The first-order valence-electron chi connectivity index (χ1n) is 9.90. The van der Waals surface area contributed by atoms with Gasteiger partial charge in [0.1, 0.15) is 5.75 Å². The van der Waals surface area contributed by atoms with Gasteiger partial charge in [0.15, 0.2) is 0 Å². The molecule has 0 unspecified atom stereocenters. The molecule has 0 saturated heterocycles. The maximum Gasteiger partial charge on any atom is 0.306 e. The molecule has 0 saturated carbocycles. The van der Waals surface area contributed by atoms with E-state index >= 15 is 0 Å². The van der Waals surface area contributed by atoms with Crippen molar-refractivity contribution >= 4 is 17.6 Å². The number of nitrogens with zero attached hydrogens (tertiary/aromatic N) is 1. The van der Waals surface area contributed by atoms with Gasteiger partial charge >= 0.3 is 5.97 Å². The second kappa shape index (κ2) is 9.78. The van der Waals surface area contributed by atoms with Gasteiger partial charge < -0.3 is 19.4 Å². The number of ether oxygens (including phenoxy) is 2. The maximum atomic E-state index is 11.9. The highest BCUT2D eigenvalue weighted by Gasteiger charge is 2.14. The van der Waals surface area contributed by atoms with Crippen LogP contribution < -0.4 is 10.1 Å². The third-order valence-electron chi connectivity index (χ3n) is 4.68. The zero-order valence-electron chi connectivity index (χ0n) is 17.5. The minimum atomic E-state index is -0.211. The quantitative estimate of drug-likeness (QED) is 0.555. The summed E-state index contributed by atoms with van der Waals surface area (Å²) < 4.78 is 12.5. The second-order valence-electron chi connectivity index (χ2n) is 6.81. The average Bonchev–Trinajstić information content (AvgIpc) is 3.16. The molecule has 1 N–H and O–H groups in total. The number of hydrogen-bond acceptors (Lipinski definition) is 4. The highest BCUT2D eigenvalue weighted by Crippen LogP contribution is 2.29. The lowest BCUT2D eigenvalue weighted by atomic mass is 10.1. The fraction of sp³-hybridized carbons (Fsp3) is 0.250. The van der Waals surface area contributed by atoms with Gasteiger partial charge in [-0.25, -0.2) is 0 Å². The van der Waals surface area contributed by atoms with Crippen LogP contribution in [-0.2, 0) is 20.7 Å². The predicted molar refractivity (Wildman–Crippen MR) is 117 cm³/mol. The van der Waals surface area contributed by atoms with Crippen LogP contribution in [0.4, 0.5) is 5.69 Å². The fourth-order valence-electron chi connectivity index (χ4n) is 3.33. The standard InChI is InChI=1S/C24H26N2O4/c1-4-30-24(28)16-12-21-11-15-23(18-5-13-22(29-3)14-6-18)26(21)20-9-7-19(8-10-20)25-17(2)27/h5-11,13-15H,4,12,16H2,1-3H3,(H,25,27). The Labute approximate surface area is 176 Å². The van der Waals surface area contributed by atoms with E-state index in [1.807, 2.05) is 60.7 Å². The summed E-state index contributed by atoms with van der Waals surface area (Å²) in [6, 6.07) is 19.6. The molecule has 3 aromatic rings. The molecule has 0 fully saturated rings. The number of aryl methyl sites for hydroxylation is 1. The smallest absolute Gasteiger partial charge is 0.306 e. The van der Waals surface area contributed by atoms with Crippen molar-refractivity contribution < 1.29 is 19.1 Å². The molecule has 3 rings (SSSR count). The molecular weight excluding hydrogens is 380 g/mol. The van der Waals surface area contributed by atoms with Gasteiger partial charge in [-0.1, -0.05) is 0 Å². The van der Waals surface area contributed by atoms with Crippen molar-refractivity contribution in [2.24, 2.45) is 0 Å². The molecule has 6 heteroatoms. The molecule has 6 nitrogen and oxygen atoms in total. The van der Waals surface area contributed by atoms with E-state index in [0.29, 0.717) is 19.4 Å². The van der Waals surface area contributed by atoms with E-state index in [1.54, 1.807) is 14.0 Å². The lowest BCUT2D eigenvalue weighted by Crippen LogP contribution is -2.09. The highest BCUT2D eigenvalue weighted by molar-refractivity contribution is 5.88. The van der Waals surface area contributed by atoms with Crippen molar-refractivity contribution in [2.75, 3.05) is 19.0 Å². The topological polar surface area (TPSA) is 69.6 Å². The number of carbonyl (C=O) groups is 2. The Hall–Kier alpha value is -3.54. The number of amides is 1. The number of carbonyl (C=O) groups excluding carboxylic acids is 2. The second-order valence-corrected chi connectivity index (χ2v) is 6.81. The molecule has 0 aliphatic carbocycles. The first-order chi connectivity index (χ1) is 14.5. The Bertz CT molecular complexity index is 1000. The van der Waals surface area contributed by atoms with Gasteiger partial charge in [0, 0.05) is 24.0 Å². The number of nitrogens with one attached hydrogen (secondary N) is 1. The Balaban J connectivity index is 1.98. The van der Waals surface area contributed by atoms with Gasteiger partial charge in [0.05, 0.1) is 25.8 Å². The van der Waals surface area contributed by atoms with Crippen LogP contribution in [0, 0.1) is 0 Å². The van der Waals surface area contributed by atoms with Crippen molar-refractivity contribution in [3.8, 4) is 22.7 Å². The van der Waals surface area contributed by atoms with E-state index in [-0.39, 0.29) is 11.9 Å². The van der Waals surface area contributed by atoms with Gasteiger partial charge in [0.25, 0.3) is 0 Å². The van der Waals surface area contributed by atoms with Gasteiger partial charge in [-0.3, -0.25) is 9.59 Å². The third-order valence-corrected chi connectivity index (χ3v) is 4.68. The van der Waals surface area contributed by atoms with E-state index in [0.717, 1.165) is 34.1 Å². The van der Waals surface area contributed by atoms with Crippen molar-refractivity contribution in [1.29, 1.82) is 0 Å². The molecule has 1 amide bonds. The van der Waals surface area contributed by atoms with E-state index in [9.17, 15) is 9.59 Å². The van der Waals surface area contributed by atoms with Crippen molar-refractivity contribution in [3.63, 3.8) is 0 Å². The summed E-state index contributed by atoms with van der Waals surface area (Å²) in [5, 5.41) is 2.78. The van der Waals surface area contributed by atoms with Crippen LogP contribution in [0.2, 0.25) is 0 Å². The van der Waals surface area contributed by atoms with Gasteiger partial charge in [0.2, 0.25) is 5.91 Å². The van der Waals surface area contributed by atoms with Crippen LogP contribution in [0.5, 0.6) is 5.75 Å². The summed E-state index contributed by atoms with van der Waals surface area (Å²) >= 11 is 0. The summed E-state index contributed by atoms with van der Waals surface area (Å²) in [5.41, 5.74) is 4.71. The molecule has 30 heavy (non-hydrogen) atoms. The average molecular weight is 406 g/mol. The van der Waals surface area contributed by atoms with Crippen molar-refractivity contribution in [3.05, 3.63) is 66.4 Å². The first kappa shape index (κ1) is 21.2. The number of methoxy groups -OCH3 is 1. The molecule has 156 valence electrons. The number of aromatic nitrogens is 1. The largest absolute Gasteiger partial charge is 0.497 e. The summed E-state index contributed by atoms with van der Waals surface area (Å²) in [5.74, 6) is 0.467. The summed E-state index contributed by atoms with van der Waals surface area (Å²) in [7, 11) is 1.64. The van der Waals surface area contributed by atoms with Crippen LogP contribution >= 0.6 is 0 Å². The fourth-order valence-corrected chi connectivity index (χ4v) is 3.33. The van der Waals surface area contributed by atoms with Crippen LogP contribution in [-0.4, -0.2) is 30.2 Å². The van der Waals surface area contributed by atoms with Crippen molar-refractivity contribution in [1.82, 2.24) is 4.57 Å². The van der Waals surface area contributed by atoms with Crippen LogP contribution in [0.25, 0.3) is 16.9 Å². The number of esters is 1. The van der Waals surface area contributed by atoms with E-state index in [4.69, 9.17) is 9.47 Å². The molecule has 0 atom stereocenters. The Morgan fingerprint density at radius 3 is 2.27 bits per heavy atom. The number of rotatable bonds is 8. The Morgan fingerprint density at radius 2 is 1.67 bits per heavy atom. The Morgan fingerprint density at radius 1 is 0.967 bits per heavy atom. The molecule has 0 spiro atoms. The maximum absolute atomic E-state index is 11.9. The van der Waals surface area contributed by atoms with E-state index < -0.39 is 0 Å². The van der Waals surface area contributed by atoms with Gasteiger partial charge in [-0.15, -0.1) is 0 Å². The normalized spacial score (nSPS) is 10.5. The van der Waals surface area contributed by atoms with Gasteiger partial charge in [-0.2, -0.15) is 0 Å². The molecule has 0 aliphatic rings. The minimum Gasteiger partial charge on any atom is -0.497 e. The molecule has 0 radical (unpaired) electrons. The van der Waals surface area contributed by atoms with Crippen LogP contribution in [0.15, 0.2) is 60.7 Å². The summed E-state index contributed by atoms with van der Waals surface area (Å²) in [6.45, 7) is 3.66. The SMILES string of the molecule is CCOC(=O)CCc1ccc(-c2ccc(OC)cc2)n1-c1ccc(NC(C)=O)cc1. The van der Waals surface area contributed by atoms with Crippen LogP contribution in [0.1, 0.15) is 26.0 Å². The monoisotopic (exact) mass is 406 g/mol. The Kier molecular flexibility index (Phi) is 6.91. The van der Waals surface area contributed by atoms with Crippen molar-refractivity contribution in [2.45, 2.75) is 26.7 Å². The zero-order valence-corrected chi connectivity index (χ0v) is 17.5. The van der Waals surface area contributed by atoms with Gasteiger partial charge in [-0.05, 0) is 79.6 Å². The van der Waals surface area contributed by atoms with Crippen LogP contribution in [0.3, 0.4) is 0 Å². The number of anilines is 1. The molecule has 1 aromatic heterocycles. The molecule has 2 aromatic carbocycles. The summed E-state index contributed by atoms with van der Waals surface area (Å²) in [4.78, 5) is 23.2. The third kappa shape index (κ3) is 5.08. The predicted octanol–water partition coefficient (Wildman–Crippen LogP) is 4.61. The number of benzene rings is 2. The molecule has 1 heterocycles. The summed E-state index contributed by atoms with van der Waals surface area (Å²) in [6.07, 6.45) is 0.867. The van der Waals surface area contributed by atoms with E-state index in [2.05, 4.69) is 9.88 Å². The highest BCUT2D eigenvalue weighted by atomic mass is 16.5. The first-order valence-corrected chi connectivity index (χ1v) is 9.90. The molecule has 0 bridgehead atoms. The number of hydrogen-bond donors (Lipinski definition) is 1. The lowest BCUT2D eigenvalue weighted by molar-refractivity contribution is -0.143. The minimum absolute atomic E-state index is 0.113. The molecule has 0 aliphatic heterocycles. The van der Waals surface area contributed by atoms with E-state index in [1.165, 1.54) is 6.92 Å².